The summed E-state index contributed by atoms with van der Waals surface area (Å²) in [5.74, 6) is -0.800. The number of amides is 1. The molecule has 0 radical (unpaired) electrons. The zero-order valence-corrected chi connectivity index (χ0v) is 20.7. The van der Waals surface area contributed by atoms with Gasteiger partial charge in [0.2, 0.25) is 0 Å². The summed E-state index contributed by atoms with van der Waals surface area (Å²) < 4.78 is 69.5. The van der Waals surface area contributed by atoms with Crippen LogP contribution in [-0.2, 0) is 31.3 Å². The van der Waals surface area contributed by atoms with Crippen molar-refractivity contribution in [2.24, 2.45) is 4.99 Å². The Hall–Kier alpha value is -2.41. The SMILES string of the molecule is CCCOCCC(C)(C(=O)NO)S(=O)(=O)c1ccc2c(c1)CSC(c1cccc(C(F)(F)F)c1)=N2. The van der Waals surface area contributed by atoms with Crippen LogP contribution in [0.3, 0.4) is 0 Å². The minimum atomic E-state index is -4.48. The minimum absolute atomic E-state index is 0.00241. The highest BCUT2D eigenvalue weighted by molar-refractivity contribution is 8.13. The van der Waals surface area contributed by atoms with Crippen LogP contribution in [-0.4, -0.2) is 42.5 Å². The van der Waals surface area contributed by atoms with Crippen LogP contribution in [0.15, 0.2) is 52.4 Å². The van der Waals surface area contributed by atoms with Crippen molar-refractivity contribution in [1.29, 1.82) is 0 Å². The fraction of sp³-hybridized carbons (Fsp3) is 0.391. The summed E-state index contributed by atoms with van der Waals surface area (Å²) >= 11 is 1.18. The number of nitrogens with one attached hydrogen (secondary N) is 1. The number of fused-ring (bicyclic) bond motifs is 1. The first kappa shape index (κ1) is 27.2. The molecule has 2 aromatic carbocycles. The lowest BCUT2D eigenvalue weighted by atomic mass is 10.1. The number of rotatable bonds is 9. The molecule has 0 spiro atoms. The molecule has 0 saturated heterocycles. The lowest BCUT2D eigenvalue weighted by molar-refractivity contribution is -0.137. The quantitative estimate of drug-likeness (QED) is 0.272. The van der Waals surface area contributed by atoms with Crippen molar-refractivity contribution in [2.45, 2.75) is 48.3 Å². The molecule has 7 nitrogen and oxygen atoms in total. The number of hydrogen-bond donors (Lipinski definition) is 2. The fourth-order valence-electron chi connectivity index (χ4n) is 3.48. The zero-order chi connectivity index (χ0) is 25.9. The molecule has 35 heavy (non-hydrogen) atoms. The maximum absolute atomic E-state index is 13.4. The Morgan fingerprint density at radius 3 is 2.60 bits per heavy atom. The molecule has 0 aliphatic carbocycles. The molecule has 1 aliphatic rings. The number of halogens is 3. The van der Waals surface area contributed by atoms with E-state index in [2.05, 4.69) is 4.99 Å². The molecule has 1 aliphatic heterocycles. The number of ether oxygens (including phenoxy) is 1. The van der Waals surface area contributed by atoms with E-state index in [4.69, 9.17) is 4.74 Å². The topological polar surface area (TPSA) is 105 Å². The summed E-state index contributed by atoms with van der Waals surface area (Å²) in [5.41, 5.74) is 1.95. The van der Waals surface area contributed by atoms with Gasteiger partial charge in [0.25, 0.3) is 5.91 Å². The molecule has 1 amide bonds. The monoisotopic (exact) mass is 530 g/mol. The standard InChI is InChI=1S/C23H25F3N2O5S2/c1-3-10-33-11-9-22(2,21(29)28-30)35(31,32)18-7-8-19-16(13-18)14-34-20(27-19)15-5-4-6-17(12-15)23(24,25)26/h4-8,12-13,30H,3,9-11,14H2,1-2H3,(H,28,29). The predicted octanol–water partition coefficient (Wildman–Crippen LogP) is 4.89. The van der Waals surface area contributed by atoms with Crippen LogP contribution in [0.5, 0.6) is 0 Å². The number of benzene rings is 2. The first-order valence-corrected chi connectivity index (χ1v) is 13.2. The third-order valence-electron chi connectivity index (χ3n) is 5.63. The van der Waals surface area contributed by atoms with Crippen molar-refractivity contribution in [1.82, 2.24) is 5.48 Å². The molecule has 1 unspecified atom stereocenters. The summed E-state index contributed by atoms with van der Waals surface area (Å²) in [5, 5.41) is 9.57. The molecule has 3 rings (SSSR count). The van der Waals surface area contributed by atoms with Crippen molar-refractivity contribution >= 4 is 38.2 Å². The van der Waals surface area contributed by atoms with Crippen molar-refractivity contribution in [3.63, 3.8) is 0 Å². The highest BCUT2D eigenvalue weighted by Gasteiger charge is 2.47. The predicted molar refractivity (Wildman–Crippen MR) is 127 cm³/mol. The molecule has 0 bridgehead atoms. The normalized spacial score (nSPS) is 15.7. The Bertz CT molecular complexity index is 1230. The van der Waals surface area contributed by atoms with Crippen LogP contribution >= 0.6 is 11.8 Å². The first-order valence-electron chi connectivity index (χ1n) is 10.7. The largest absolute Gasteiger partial charge is 0.416 e. The van der Waals surface area contributed by atoms with E-state index in [0.29, 0.717) is 28.5 Å². The van der Waals surface area contributed by atoms with Crippen LogP contribution in [0.1, 0.15) is 43.4 Å². The molecule has 0 saturated carbocycles. The highest BCUT2D eigenvalue weighted by atomic mass is 32.2. The minimum Gasteiger partial charge on any atom is -0.381 e. The van der Waals surface area contributed by atoms with Crippen molar-refractivity contribution in [3.05, 3.63) is 59.2 Å². The van der Waals surface area contributed by atoms with Crippen molar-refractivity contribution < 1.29 is 36.3 Å². The van der Waals surface area contributed by atoms with Gasteiger partial charge in [-0.1, -0.05) is 19.1 Å². The van der Waals surface area contributed by atoms with E-state index in [-0.39, 0.29) is 23.7 Å². The third kappa shape index (κ3) is 5.71. The number of aliphatic imine (C=N–C) groups is 1. The van der Waals surface area contributed by atoms with Gasteiger partial charge in [0.05, 0.1) is 16.1 Å². The number of carbonyl (C=O) groups excluding carboxylic acids is 1. The molecule has 0 aromatic heterocycles. The molecule has 0 fully saturated rings. The van der Waals surface area contributed by atoms with E-state index in [1.807, 2.05) is 6.92 Å². The second-order valence-electron chi connectivity index (χ2n) is 8.11. The number of thioether (sulfide) groups is 1. The van der Waals surface area contributed by atoms with Crippen LogP contribution in [0.2, 0.25) is 0 Å². The number of carbonyl (C=O) groups is 1. The molecule has 2 N–H and O–H groups in total. The second-order valence-corrected chi connectivity index (χ2v) is 11.5. The number of sulfone groups is 1. The van der Waals surface area contributed by atoms with Crippen LogP contribution in [0.4, 0.5) is 18.9 Å². The summed E-state index contributed by atoms with van der Waals surface area (Å²) in [7, 11) is -4.26. The maximum Gasteiger partial charge on any atom is 0.416 e. The van der Waals surface area contributed by atoms with Gasteiger partial charge in [0.1, 0.15) is 5.04 Å². The summed E-state index contributed by atoms with van der Waals surface area (Å²) in [6.45, 7) is 3.52. The Morgan fingerprint density at radius 1 is 1.20 bits per heavy atom. The van der Waals surface area contributed by atoms with Gasteiger partial charge in [-0.15, -0.1) is 11.8 Å². The average Bonchev–Trinajstić information content (AvgIpc) is 2.84. The van der Waals surface area contributed by atoms with Gasteiger partial charge < -0.3 is 4.74 Å². The van der Waals surface area contributed by atoms with E-state index in [1.165, 1.54) is 54.5 Å². The van der Waals surface area contributed by atoms with E-state index < -0.39 is 32.2 Å². The van der Waals surface area contributed by atoms with Crippen LogP contribution < -0.4 is 5.48 Å². The number of hydroxylamine groups is 1. The van der Waals surface area contributed by atoms with E-state index in [1.54, 1.807) is 0 Å². The first-order chi connectivity index (χ1) is 16.4. The van der Waals surface area contributed by atoms with Gasteiger partial charge in [0, 0.05) is 24.5 Å². The summed E-state index contributed by atoms with van der Waals surface area (Å²) in [6.07, 6.45) is -3.93. The van der Waals surface area contributed by atoms with Gasteiger partial charge in [0.15, 0.2) is 14.6 Å². The Kier molecular flexibility index (Phi) is 8.30. The lowest BCUT2D eigenvalue weighted by Crippen LogP contribution is -2.50. The number of nitrogens with zero attached hydrogens (tertiary/aromatic N) is 1. The second kappa shape index (κ2) is 10.7. The van der Waals surface area contributed by atoms with Gasteiger partial charge in [-0.3, -0.25) is 10.0 Å². The number of hydrogen-bond acceptors (Lipinski definition) is 7. The lowest BCUT2D eigenvalue weighted by Gasteiger charge is -2.27. The fourth-order valence-corrected chi connectivity index (χ4v) is 6.17. The molecule has 2 aromatic rings. The molecular weight excluding hydrogens is 505 g/mol. The van der Waals surface area contributed by atoms with E-state index in [9.17, 15) is 31.6 Å². The maximum atomic E-state index is 13.4. The zero-order valence-electron chi connectivity index (χ0n) is 19.1. The van der Waals surface area contributed by atoms with Gasteiger partial charge in [-0.2, -0.15) is 13.2 Å². The Balaban J connectivity index is 1.93. The average molecular weight is 531 g/mol. The molecule has 190 valence electrons. The van der Waals surface area contributed by atoms with E-state index in [0.717, 1.165) is 18.6 Å². The number of alkyl halides is 3. The van der Waals surface area contributed by atoms with Crippen molar-refractivity contribution in [2.75, 3.05) is 13.2 Å². The molecule has 1 heterocycles. The summed E-state index contributed by atoms with van der Waals surface area (Å²) in [4.78, 5) is 16.7. The van der Waals surface area contributed by atoms with Crippen LogP contribution in [0.25, 0.3) is 0 Å². The molecule has 1 atom stereocenters. The summed E-state index contributed by atoms with van der Waals surface area (Å²) in [6, 6.07) is 9.01. The molecule has 12 heteroatoms. The van der Waals surface area contributed by atoms with Gasteiger partial charge in [-0.25, -0.2) is 18.9 Å². The Morgan fingerprint density at radius 2 is 1.94 bits per heavy atom. The third-order valence-corrected chi connectivity index (χ3v) is 9.14. The molecular formula is C23H25F3N2O5S2. The van der Waals surface area contributed by atoms with E-state index >= 15 is 0 Å². The van der Waals surface area contributed by atoms with Gasteiger partial charge in [-0.05, 0) is 55.7 Å². The highest BCUT2D eigenvalue weighted by Crippen LogP contribution is 2.38. The van der Waals surface area contributed by atoms with Gasteiger partial charge >= 0.3 is 6.18 Å². The smallest absolute Gasteiger partial charge is 0.381 e. The Labute approximate surface area is 205 Å². The van der Waals surface area contributed by atoms with Crippen LogP contribution in [0, 0.1) is 0 Å². The van der Waals surface area contributed by atoms with Crippen molar-refractivity contribution in [3.8, 4) is 0 Å².